The maximum Gasteiger partial charge on any atom is 0.303 e. The number of rotatable bonds is 5. The first-order valence-electron chi connectivity index (χ1n) is 4.71. The summed E-state index contributed by atoms with van der Waals surface area (Å²) in [5.74, 6) is -1.41. The number of hydrogen-bond acceptors (Lipinski definition) is 3. The van der Waals surface area contributed by atoms with Gasteiger partial charge in [0.2, 0.25) is 5.82 Å². The number of carboxylic acid groups (broad SMARTS) is 1. The van der Waals surface area contributed by atoms with Crippen molar-refractivity contribution in [2.45, 2.75) is 12.8 Å². The van der Waals surface area contributed by atoms with Crippen molar-refractivity contribution in [3.8, 4) is 11.5 Å². The summed E-state index contributed by atoms with van der Waals surface area (Å²) in [6.07, 6.45) is 0.154. The molecule has 0 fully saturated rings. The van der Waals surface area contributed by atoms with Crippen LogP contribution in [0.2, 0.25) is 0 Å². The van der Waals surface area contributed by atoms with Crippen molar-refractivity contribution in [2.24, 2.45) is 0 Å². The largest absolute Gasteiger partial charge is 0.494 e. The molecule has 1 rings (SSSR count). The average Bonchev–Trinajstić information content (AvgIpc) is 2.26. The van der Waals surface area contributed by atoms with Gasteiger partial charge in [-0.1, -0.05) is 6.07 Å². The van der Waals surface area contributed by atoms with Gasteiger partial charge < -0.3 is 14.6 Å². The van der Waals surface area contributed by atoms with E-state index in [1.54, 1.807) is 6.07 Å². The third-order valence-corrected chi connectivity index (χ3v) is 2.18. The molecular weight excluding hydrogens is 215 g/mol. The van der Waals surface area contributed by atoms with E-state index < -0.39 is 11.8 Å². The molecule has 0 aliphatic carbocycles. The molecule has 0 aliphatic rings. The highest BCUT2D eigenvalue weighted by atomic mass is 19.1. The van der Waals surface area contributed by atoms with E-state index in [-0.39, 0.29) is 24.3 Å². The van der Waals surface area contributed by atoms with E-state index >= 15 is 0 Å². The van der Waals surface area contributed by atoms with Crippen LogP contribution in [-0.2, 0) is 11.2 Å². The Morgan fingerprint density at radius 1 is 1.38 bits per heavy atom. The van der Waals surface area contributed by atoms with Gasteiger partial charge in [0.1, 0.15) is 0 Å². The van der Waals surface area contributed by atoms with Gasteiger partial charge in [0, 0.05) is 6.42 Å². The molecule has 0 radical (unpaired) electrons. The van der Waals surface area contributed by atoms with Crippen LogP contribution in [0.5, 0.6) is 11.5 Å². The molecule has 0 amide bonds. The molecule has 1 aromatic carbocycles. The van der Waals surface area contributed by atoms with Crippen molar-refractivity contribution in [1.29, 1.82) is 0 Å². The molecule has 0 unspecified atom stereocenters. The molecule has 0 aliphatic heterocycles. The summed E-state index contributed by atoms with van der Waals surface area (Å²) in [5.41, 5.74) is 0.517. The maximum atomic E-state index is 13.7. The van der Waals surface area contributed by atoms with Gasteiger partial charge >= 0.3 is 5.97 Å². The highest BCUT2D eigenvalue weighted by Gasteiger charge is 2.15. The Labute approximate surface area is 92.6 Å². The first-order valence-corrected chi connectivity index (χ1v) is 4.71. The summed E-state index contributed by atoms with van der Waals surface area (Å²) in [7, 11) is 2.69. The fraction of sp³-hybridized carbons (Fsp3) is 0.364. The second-order valence-electron chi connectivity index (χ2n) is 3.17. The summed E-state index contributed by atoms with van der Waals surface area (Å²) < 4.78 is 23.4. The number of aryl methyl sites for hydroxylation is 1. The Balaban J connectivity index is 3.01. The monoisotopic (exact) mass is 228 g/mol. The fourth-order valence-corrected chi connectivity index (χ4v) is 1.39. The number of hydrogen-bond donors (Lipinski definition) is 1. The number of carboxylic acids is 1. The molecular formula is C11H13FO4. The number of benzene rings is 1. The topological polar surface area (TPSA) is 55.8 Å². The molecule has 5 heteroatoms. The Hall–Kier alpha value is -1.78. The molecule has 0 bridgehead atoms. The number of ether oxygens (including phenoxy) is 2. The lowest BCUT2D eigenvalue weighted by Crippen LogP contribution is -2.02. The van der Waals surface area contributed by atoms with Gasteiger partial charge in [-0.25, -0.2) is 0 Å². The highest BCUT2D eigenvalue weighted by Crippen LogP contribution is 2.30. The summed E-state index contributed by atoms with van der Waals surface area (Å²) >= 11 is 0. The van der Waals surface area contributed by atoms with Gasteiger partial charge in [-0.2, -0.15) is 4.39 Å². The van der Waals surface area contributed by atoms with Gasteiger partial charge in [0.25, 0.3) is 0 Å². The van der Waals surface area contributed by atoms with Crippen molar-refractivity contribution in [3.05, 3.63) is 23.5 Å². The predicted molar refractivity (Wildman–Crippen MR) is 55.5 cm³/mol. The molecule has 0 heterocycles. The number of methoxy groups -OCH3 is 2. The Bertz CT molecular complexity index is 390. The van der Waals surface area contributed by atoms with Crippen LogP contribution in [0, 0.1) is 5.82 Å². The second kappa shape index (κ2) is 5.34. The molecule has 0 saturated heterocycles. The van der Waals surface area contributed by atoms with E-state index in [1.165, 1.54) is 20.3 Å². The smallest absolute Gasteiger partial charge is 0.303 e. The summed E-state index contributed by atoms with van der Waals surface area (Å²) in [6.45, 7) is 0. The lowest BCUT2D eigenvalue weighted by atomic mass is 10.1. The third kappa shape index (κ3) is 2.62. The lowest BCUT2D eigenvalue weighted by molar-refractivity contribution is -0.136. The van der Waals surface area contributed by atoms with Crippen molar-refractivity contribution in [3.63, 3.8) is 0 Å². The van der Waals surface area contributed by atoms with Gasteiger partial charge in [0.15, 0.2) is 11.5 Å². The van der Waals surface area contributed by atoms with Crippen LogP contribution in [0.25, 0.3) is 0 Å². The van der Waals surface area contributed by atoms with Crippen LogP contribution >= 0.6 is 0 Å². The average molecular weight is 228 g/mol. The van der Waals surface area contributed by atoms with Gasteiger partial charge in [-0.3, -0.25) is 4.79 Å². The van der Waals surface area contributed by atoms with Crippen molar-refractivity contribution < 1.29 is 23.8 Å². The van der Waals surface area contributed by atoms with Crippen LogP contribution in [0.15, 0.2) is 12.1 Å². The molecule has 88 valence electrons. The third-order valence-electron chi connectivity index (χ3n) is 2.18. The lowest BCUT2D eigenvalue weighted by Gasteiger charge is -2.11. The molecule has 4 nitrogen and oxygen atoms in total. The zero-order valence-electron chi connectivity index (χ0n) is 9.12. The zero-order chi connectivity index (χ0) is 12.1. The quantitative estimate of drug-likeness (QED) is 0.835. The first-order chi connectivity index (χ1) is 7.60. The summed E-state index contributed by atoms with van der Waals surface area (Å²) in [6, 6.07) is 3.05. The molecule has 1 N–H and O–H groups in total. The van der Waals surface area contributed by atoms with E-state index in [0.29, 0.717) is 5.56 Å². The van der Waals surface area contributed by atoms with Gasteiger partial charge in [-0.05, 0) is 18.1 Å². The molecule has 16 heavy (non-hydrogen) atoms. The van der Waals surface area contributed by atoms with Crippen LogP contribution in [0.4, 0.5) is 4.39 Å². The zero-order valence-corrected chi connectivity index (χ0v) is 9.12. The SMILES string of the molecule is COc1ccc(CCC(=O)O)c(OC)c1F. The minimum atomic E-state index is -0.932. The van der Waals surface area contributed by atoms with E-state index in [1.807, 2.05) is 0 Å². The highest BCUT2D eigenvalue weighted by molar-refractivity contribution is 5.67. The first kappa shape index (κ1) is 12.3. The molecule has 1 aromatic rings. The normalized spacial score (nSPS) is 9.94. The minimum absolute atomic E-state index is 0.0422. The van der Waals surface area contributed by atoms with E-state index in [4.69, 9.17) is 14.6 Å². The van der Waals surface area contributed by atoms with Crippen molar-refractivity contribution in [2.75, 3.05) is 14.2 Å². The van der Waals surface area contributed by atoms with Crippen molar-refractivity contribution in [1.82, 2.24) is 0 Å². The second-order valence-corrected chi connectivity index (χ2v) is 3.17. The van der Waals surface area contributed by atoms with Crippen LogP contribution < -0.4 is 9.47 Å². The fourth-order valence-electron chi connectivity index (χ4n) is 1.39. The van der Waals surface area contributed by atoms with Gasteiger partial charge in [0.05, 0.1) is 14.2 Å². The number of carbonyl (C=O) groups is 1. The van der Waals surface area contributed by atoms with E-state index in [0.717, 1.165) is 0 Å². The van der Waals surface area contributed by atoms with Crippen LogP contribution in [-0.4, -0.2) is 25.3 Å². The summed E-state index contributed by atoms with van der Waals surface area (Å²) in [4.78, 5) is 10.4. The van der Waals surface area contributed by atoms with Crippen LogP contribution in [0.1, 0.15) is 12.0 Å². The maximum absolute atomic E-state index is 13.7. The Kier molecular flexibility index (Phi) is 4.10. The Morgan fingerprint density at radius 3 is 2.56 bits per heavy atom. The summed E-state index contributed by atoms with van der Waals surface area (Å²) in [5, 5.41) is 8.55. The molecule has 0 saturated carbocycles. The van der Waals surface area contributed by atoms with Crippen molar-refractivity contribution >= 4 is 5.97 Å². The molecule has 0 spiro atoms. The minimum Gasteiger partial charge on any atom is -0.494 e. The van der Waals surface area contributed by atoms with E-state index in [2.05, 4.69) is 0 Å². The predicted octanol–water partition coefficient (Wildman–Crippen LogP) is 1.86. The van der Waals surface area contributed by atoms with Gasteiger partial charge in [-0.15, -0.1) is 0 Å². The molecule has 0 atom stereocenters. The standard InChI is InChI=1S/C11H13FO4/c1-15-8-5-3-7(4-6-9(13)14)11(16-2)10(8)12/h3,5H,4,6H2,1-2H3,(H,13,14). The van der Waals surface area contributed by atoms with Crippen LogP contribution in [0.3, 0.4) is 0 Å². The number of halogens is 1. The Morgan fingerprint density at radius 2 is 2.06 bits per heavy atom. The number of aliphatic carboxylic acids is 1. The van der Waals surface area contributed by atoms with E-state index in [9.17, 15) is 9.18 Å². The molecule has 0 aromatic heterocycles.